The summed E-state index contributed by atoms with van der Waals surface area (Å²) in [7, 11) is 0. The lowest BCUT2D eigenvalue weighted by Crippen LogP contribution is -2.48. The molecule has 1 saturated heterocycles. The molecule has 1 aromatic rings. The molecule has 1 fully saturated rings. The lowest BCUT2D eigenvalue weighted by molar-refractivity contribution is 0.123. The molecular formula is C16H26N2O. The number of hydrogen-bond donors (Lipinski definition) is 1. The van der Waals surface area contributed by atoms with Crippen LogP contribution in [-0.4, -0.2) is 30.1 Å². The first kappa shape index (κ1) is 14.4. The summed E-state index contributed by atoms with van der Waals surface area (Å²) >= 11 is 0. The van der Waals surface area contributed by atoms with Crippen LogP contribution < -0.4 is 10.5 Å². The van der Waals surface area contributed by atoms with Gasteiger partial charge in [0.15, 0.2) is 0 Å². The maximum Gasteiger partial charge on any atom is 0.119 e. The van der Waals surface area contributed by atoms with Crippen molar-refractivity contribution in [3.63, 3.8) is 0 Å². The summed E-state index contributed by atoms with van der Waals surface area (Å²) in [5.41, 5.74) is 7.44. The highest BCUT2D eigenvalue weighted by Gasteiger charge is 2.25. The van der Waals surface area contributed by atoms with Gasteiger partial charge in [0.2, 0.25) is 0 Å². The Balaban J connectivity index is 2.04. The molecule has 1 aliphatic heterocycles. The first-order valence-corrected chi connectivity index (χ1v) is 7.42. The van der Waals surface area contributed by atoms with Gasteiger partial charge in [-0.2, -0.15) is 0 Å². The van der Waals surface area contributed by atoms with E-state index in [-0.39, 0.29) is 6.04 Å². The minimum Gasteiger partial charge on any atom is -0.494 e. The molecule has 3 nitrogen and oxygen atoms in total. The summed E-state index contributed by atoms with van der Waals surface area (Å²) in [5.74, 6) is 0.967. The molecular weight excluding hydrogens is 236 g/mol. The summed E-state index contributed by atoms with van der Waals surface area (Å²) in [4.78, 5) is 2.53. The number of ether oxygens (including phenoxy) is 1. The van der Waals surface area contributed by atoms with E-state index in [9.17, 15) is 0 Å². The largest absolute Gasteiger partial charge is 0.494 e. The second-order valence-electron chi connectivity index (χ2n) is 5.47. The monoisotopic (exact) mass is 262 g/mol. The normalized spacial score (nSPS) is 22.2. The molecule has 1 aliphatic rings. The molecule has 2 rings (SSSR count). The summed E-state index contributed by atoms with van der Waals surface area (Å²) in [5, 5.41) is 0. The van der Waals surface area contributed by atoms with Crippen LogP contribution in [0, 0.1) is 0 Å². The van der Waals surface area contributed by atoms with E-state index in [0.717, 1.165) is 25.4 Å². The molecule has 1 aromatic carbocycles. The lowest BCUT2D eigenvalue weighted by atomic mass is 9.96. The van der Waals surface area contributed by atoms with Gasteiger partial charge in [0, 0.05) is 18.6 Å². The van der Waals surface area contributed by atoms with E-state index < -0.39 is 0 Å². The van der Waals surface area contributed by atoms with Crippen LogP contribution in [0.1, 0.15) is 38.7 Å². The van der Waals surface area contributed by atoms with Gasteiger partial charge in [-0.15, -0.1) is 0 Å². The number of nitrogens with two attached hydrogens (primary N) is 1. The number of hydrogen-bond acceptors (Lipinski definition) is 3. The lowest BCUT2D eigenvalue weighted by Gasteiger charge is -2.38. The topological polar surface area (TPSA) is 38.5 Å². The molecule has 106 valence electrons. The van der Waals surface area contributed by atoms with E-state index in [1.54, 1.807) is 0 Å². The average Bonchev–Trinajstić information content (AvgIpc) is 2.40. The van der Waals surface area contributed by atoms with Gasteiger partial charge in [-0.25, -0.2) is 0 Å². The van der Waals surface area contributed by atoms with Crippen LogP contribution in [0.5, 0.6) is 5.75 Å². The summed E-state index contributed by atoms with van der Waals surface area (Å²) in [6, 6.07) is 9.18. The van der Waals surface area contributed by atoms with Gasteiger partial charge in [-0.05, 0) is 50.9 Å². The summed E-state index contributed by atoms with van der Waals surface area (Å²) in [6.07, 6.45) is 3.82. The molecule has 0 radical (unpaired) electrons. The number of benzene rings is 1. The Bertz CT molecular complexity index is 392. The van der Waals surface area contributed by atoms with Crippen LogP contribution in [0.4, 0.5) is 0 Å². The predicted molar refractivity (Wildman–Crippen MR) is 79.3 cm³/mol. The van der Waals surface area contributed by atoms with Crippen molar-refractivity contribution in [1.29, 1.82) is 0 Å². The van der Waals surface area contributed by atoms with Crippen LogP contribution in [0.15, 0.2) is 24.3 Å². The number of rotatable bonds is 5. The Morgan fingerprint density at radius 1 is 1.42 bits per heavy atom. The Kier molecular flexibility index (Phi) is 5.23. The third kappa shape index (κ3) is 3.95. The van der Waals surface area contributed by atoms with Gasteiger partial charge in [0.05, 0.1) is 6.61 Å². The first-order valence-electron chi connectivity index (χ1n) is 7.42. The number of piperidine rings is 1. The average molecular weight is 262 g/mol. The van der Waals surface area contributed by atoms with Crippen molar-refractivity contribution >= 4 is 0 Å². The second kappa shape index (κ2) is 6.92. The highest BCUT2D eigenvalue weighted by atomic mass is 16.5. The van der Waals surface area contributed by atoms with E-state index in [2.05, 4.69) is 30.0 Å². The minimum atomic E-state index is 0.246. The number of nitrogens with zero attached hydrogens (tertiary/aromatic N) is 1. The minimum absolute atomic E-state index is 0.246. The van der Waals surface area contributed by atoms with Crippen LogP contribution in [-0.2, 0) is 6.54 Å². The fourth-order valence-corrected chi connectivity index (χ4v) is 2.94. The highest BCUT2D eigenvalue weighted by molar-refractivity contribution is 5.28. The van der Waals surface area contributed by atoms with E-state index in [1.165, 1.54) is 24.8 Å². The smallest absolute Gasteiger partial charge is 0.119 e. The van der Waals surface area contributed by atoms with Crippen LogP contribution in [0.2, 0.25) is 0 Å². The van der Waals surface area contributed by atoms with E-state index in [4.69, 9.17) is 10.5 Å². The van der Waals surface area contributed by atoms with Gasteiger partial charge < -0.3 is 10.5 Å². The molecule has 0 spiro atoms. The molecule has 0 bridgehead atoms. The molecule has 19 heavy (non-hydrogen) atoms. The first-order chi connectivity index (χ1) is 9.20. The van der Waals surface area contributed by atoms with Crippen LogP contribution in [0.25, 0.3) is 0 Å². The zero-order chi connectivity index (χ0) is 13.7. The standard InChI is InChI=1S/C16H26N2O/c1-3-19-15-8-6-7-14(11-15)12-18-10-5-4-9-16(18)13(2)17/h6-8,11,13,16H,3-5,9-10,12,17H2,1-2H3. The molecule has 2 unspecified atom stereocenters. The van der Waals surface area contributed by atoms with Gasteiger partial charge in [-0.3, -0.25) is 4.90 Å². The molecule has 0 amide bonds. The van der Waals surface area contributed by atoms with Crippen molar-refractivity contribution in [3.05, 3.63) is 29.8 Å². The van der Waals surface area contributed by atoms with Crippen LogP contribution in [0.3, 0.4) is 0 Å². The second-order valence-corrected chi connectivity index (χ2v) is 5.47. The Morgan fingerprint density at radius 3 is 3.00 bits per heavy atom. The highest BCUT2D eigenvalue weighted by Crippen LogP contribution is 2.22. The molecule has 3 heteroatoms. The van der Waals surface area contributed by atoms with Crippen molar-refractivity contribution in [2.75, 3.05) is 13.2 Å². The molecule has 2 N–H and O–H groups in total. The van der Waals surface area contributed by atoms with E-state index in [0.29, 0.717) is 6.04 Å². The fourth-order valence-electron chi connectivity index (χ4n) is 2.94. The van der Waals surface area contributed by atoms with Crippen molar-refractivity contribution < 1.29 is 4.74 Å². The zero-order valence-electron chi connectivity index (χ0n) is 12.1. The van der Waals surface area contributed by atoms with Crippen molar-refractivity contribution in [3.8, 4) is 5.75 Å². The molecule has 0 aliphatic carbocycles. The van der Waals surface area contributed by atoms with Crippen molar-refractivity contribution in [1.82, 2.24) is 4.90 Å². The van der Waals surface area contributed by atoms with Gasteiger partial charge in [0.1, 0.15) is 5.75 Å². The Labute approximate surface area is 116 Å². The van der Waals surface area contributed by atoms with Crippen molar-refractivity contribution in [2.45, 2.75) is 51.7 Å². The maximum atomic E-state index is 6.12. The summed E-state index contributed by atoms with van der Waals surface area (Å²) < 4.78 is 5.57. The third-order valence-electron chi connectivity index (χ3n) is 3.87. The quantitative estimate of drug-likeness (QED) is 0.887. The van der Waals surface area contributed by atoms with Crippen LogP contribution >= 0.6 is 0 Å². The van der Waals surface area contributed by atoms with Gasteiger partial charge in [-0.1, -0.05) is 18.6 Å². The molecule has 0 aromatic heterocycles. The number of likely N-dealkylation sites (tertiary alicyclic amines) is 1. The Hall–Kier alpha value is -1.06. The van der Waals surface area contributed by atoms with Gasteiger partial charge in [0.25, 0.3) is 0 Å². The molecule has 2 atom stereocenters. The maximum absolute atomic E-state index is 6.12. The SMILES string of the molecule is CCOc1cccc(CN2CCCCC2C(C)N)c1. The summed E-state index contributed by atoms with van der Waals surface area (Å²) in [6.45, 7) is 7.00. The van der Waals surface area contributed by atoms with E-state index >= 15 is 0 Å². The van der Waals surface area contributed by atoms with E-state index in [1.807, 2.05) is 13.0 Å². The molecule has 1 heterocycles. The predicted octanol–water partition coefficient (Wildman–Crippen LogP) is 2.79. The van der Waals surface area contributed by atoms with Gasteiger partial charge >= 0.3 is 0 Å². The van der Waals surface area contributed by atoms with Crippen molar-refractivity contribution in [2.24, 2.45) is 5.73 Å². The zero-order valence-corrected chi connectivity index (χ0v) is 12.1. The molecule has 0 saturated carbocycles. The third-order valence-corrected chi connectivity index (χ3v) is 3.87. The fraction of sp³-hybridized carbons (Fsp3) is 0.625. The Morgan fingerprint density at radius 2 is 2.26 bits per heavy atom.